The number of halogens is 1. The fourth-order valence-corrected chi connectivity index (χ4v) is 3.31. The highest BCUT2D eigenvalue weighted by Crippen LogP contribution is 2.31. The molecule has 1 saturated carbocycles. The van der Waals surface area contributed by atoms with Crippen molar-refractivity contribution < 1.29 is 14.3 Å². The molecular weight excluding hydrogens is 340 g/mol. The molecule has 25 heavy (non-hydrogen) atoms. The van der Waals surface area contributed by atoms with Crippen molar-refractivity contribution in [2.45, 2.75) is 33.1 Å². The lowest BCUT2D eigenvalue weighted by atomic mass is 10.1. The van der Waals surface area contributed by atoms with Crippen LogP contribution in [-0.4, -0.2) is 54.4 Å². The van der Waals surface area contributed by atoms with E-state index in [9.17, 15) is 9.59 Å². The van der Waals surface area contributed by atoms with Gasteiger partial charge in [-0.2, -0.15) is 0 Å². The first-order valence-electron chi connectivity index (χ1n) is 8.92. The van der Waals surface area contributed by atoms with Gasteiger partial charge in [-0.15, -0.1) is 0 Å². The average molecular weight is 365 g/mol. The lowest BCUT2D eigenvalue weighted by Gasteiger charge is -2.22. The van der Waals surface area contributed by atoms with Crippen LogP contribution >= 0.6 is 11.6 Å². The van der Waals surface area contributed by atoms with Gasteiger partial charge in [0.05, 0.1) is 0 Å². The van der Waals surface area contributed by atoms with Crippen molar-refractivity contribution in [3.63, 3.8) is 0 Å². The van der Waals surface area contributed by atoms with Crippen LogP contribution in [0.5, 0.6) is 5.75 Å². The van der Waals surface area contributed by atoms with E-state index in [1.165, 1.54) is 0 Å². The van der Waals surface area contributed by atoms with Crippen molar-refractivity contribution in [2.75, 3.05) is 32.8 Å². The molecule has 1 aliphatic heterocycles. The number of carbonyl (C=O) groups excluding carboxylic acids is 2. The van der Waals surface area contributed by atoms with Crippen LogP contribution < -0.4 is 4.74 Å². The molecule has 0 spiro atoms. The normalized spacial score (nSPS) is 18.0. The molecule has 0 unspecified atom stereocenters. The summed E-state index contributed by atoms with van der Waals surface area (Å²) in [5.74, 6) is 1.12. The van der Waals surface area contributed by atoms with Gasteiger partial charge in [-0.25, -0.2) is 0 Å². The van der Waals surface area contributed by atoms with Gasteiger partial charge in [0.1, 0.15) is 5.75 Å². The number of nitrogens with zero attached hydrogens (tertiary/aromatic N) is 2. The number of carbonyl (C=O) groups is 2. The van der Waals surface area contributed by atoms with E-state index in [1.54, 1.807) is 4.90 Å². The molecule has 1 aromatic rings. The molecule has 1 saturated heterocycles. The van der Waals surface area contributed by atoms with Crippen molar-refractivity contribution >= 4 is 23.4 Å². The Labute approximate surface area is 153 Å². The SMILES string of the molecule is Cc1cc(OCC(=O)N2CCCN(C(=O)C3CC3)CC2)cc(C)c1Cl. The first kappa shape index (κ1) is 18.1. The Kier molecular flexibility index (Phi) is 5.52. The van der Waals surface area contributed by atoms with E-state index in [1.807, 2.05) is 30.9 Å². The van der Waals surface area contributed by atoms with E-state index in [0.29, 0.717) is 25.4 Å². The molecule has 0 aromatic heterocycles. The zero-order valence-electron chi connectivity index (χ0n) is 14.9. The van der Waals surface area contributed by atoms with Crippen LogP contribution in [-0.2, 0) is 9.59 Å². The van der Waals surface area contributed by atoms with Crippen LogP contribution in [0.4, 0.5) is 0 Å². The molecular formula is C19H25ClN2O3. The third-order valence-corrected chi connectivity index (χ3v) is 5.46. The lowest BCUT2D eigenvalue weighted by molar-refractivity contribution is -0.135. The van der Waals surface area contributed by atoms with Crippen LogP contribution in [0, 0.1) is 19.8 Å². The molecule has 136 valence electrons. The number of benzene rings is 1. The van der Waals surface area contributed by atoms with Crippen molar-refractivity contribution in [1.82, 2.24) is 9.80 Å². The summed E-state index contributed by atoms with van der Waals surface area (Å²) in [6.07, 6.45) is 2.86. The van der Waals surface area contributed by atoms with E-state index in [2.05, 4.69) is 0 Å². The zero-order valence-corrected chi connectivity index (χ0v) is 15.6. The van der Waals surface area contributed by atoms with Crippen LogP contribution in [0.1, 0.15) is 30.4 Å². The second-order valence-corrected chi connectivity index (χ2v) is 7.37. The summed E-state index contributed by atoms with van der Waals surface area (Å²) in [7, 11) is 0. The molecule has 2 aliphatic rings. The maximum atomic E-state index is 12.5. The zero-order chi connectivity index (χ0) is 18.0. The Morgan fingerprint density at radius 1 is 1.08 bits per heavy atom. The van der Waals surface area contributed by atoms with Gasteiger partial charge in [-0.3, -0.25) is 9.59 Å². The van der Waals surface area contributed by atoms with Crippen LogP contribution in [0.3, 0.4) is 0 Å². The Bertz CT molecular complexity index is 650. The minimum atomic E-state index is -0.0361. The Morgan fingerprint density at radius 2 is 1.68 bits per heavy atom. The number of aryl methyl sites for hydroxylation is 2. The number of amides is 2. The van der Waals surface area contributed by atoms with Crippen molar-refractivity contribution in [3.8, 4) is 5.75 Å². The Hall–Kier alpha value is -1.75. The van der Waals surface area contributed by atoms with Gasteiger partial charge in [0, 0.05) is 37.1 Å². The summed E-state index contributed by atoms with van der Waals surface area (Å²) in [6.45, 7) is 6.48. The topological polar surface area (TPSA) is 49.9 Å². The highest BCUT2D eigenvalue weighted by Gasteiger charge is 2.34. The first-order valence-corrected chi connectivity index (χ1v) is 9.29. The predicted molar refractivity (Wildman–Crippen MR) is 96.9 cm³/mol. The van der Waals surface area contributed by atoms with Gasteiger partial charge in [-0.05, 0) is 56.4 Å². The van der Waals surface area contributed by atoms with E-state index >= 15 is 0 Å². The summed E-state index contributed by atoms with van der Waals surface area (Å²) >= 11 is 6.16. The fourth-order valence-electron chi connectivity index (χ4n) is 3.20. The van der Waals surface area contributed by atoms with E-state index in [0.717, 1.165) is 42.0 Å². The molecule has 0 N–H and O–H groups in total. The lowest BCUT2D eigenvalue weighted by Crippen LogP contribution is -2.39. The maximum Gasteiger partial charge on any atom is 0.260 e. The molecule has 0 radical (unpaired) electrons. The van der Waals surface area contributed by atoms with Gasteiger partial charge in [0.2, 0.25) is 5.91 Å². The largest absolute Gasteiger partial charge is 0.484 e. The minimum absolute atomic E-state index is 0.0110. The molecule has 6 heteroatoms. The number of hydrogen-bond acceptors (Lipinski definition) is 3. The molecule has 0 bridgehead atoms. The molecule has 3 rings (SSSR count). The molecule has 2 amide bonds. The summed E-state index contributed by atoms with van der Waals surface area (Å²) in [6, 6.07) is 3.70. The predicted octanol–water partition coefficient (Wildman–Crippen LogP) is 2.81. The monoisotopic (exact) mass is 364 g/mol. The number of rotatable bonds is 4. The molecule has 1 aromatic carbocycles. The number of ether oxygens (including phenoxy) is 1. The second-order valence-electron chi connectivity index (χ2n) is 6.99. The van der Waals surface area contributed by atoms with Gasteiger partial charge in [0.25, 0.3) is 5.91 Å². The molecule has 5 nitrogen and oxygen atoms in total. The quantitative estimate of drug-likeness (QED) is 0.825. The molecule has 2 fully saturated rings. The van der Waals surface area contributed by atoms with Crippen LogP contribution in [0.25, 0.3) is 0 Å². The summed E-state index contributed by atoms with van der Waals surface area (Å²) in [5, 5.41) is 0.728. The van der Waals surface area contributed by atoms with E-state index in [4.69, 9.17) is 16.3 Å². The highest BCUT2D eigenvalue weighted by molar-refractivity contribution is 6.32. The smallest absolute Gasteiger partial charge is 0.260 e. The average Bonchev–Trinajstić information content (AvgIpc) is 3.43. The van der Waals surface area contributed by atoms with Gasteiger partial charge in [-0.1, -0.05) is 11.6 Å². The molecule has 1 heterocycles. The highest BCUT2D eigenvalue weighted by atomic mass is 35.5. The van der Waals surface area contributed by atoms with Gasteiger partial charge in [0.15, 0.2) is 6.61 Å². The Morgan fingerprint density at radius 3 is 2.32 bits per heavy atom. The van der Waals surface area contributed by atoms with Gasteiger partial charge >= 0.3 is 0 Å². The van der Waals surface area contributed by atoms with E-state index in [-0.39, 0.29) is 24.3 Å². The second kappa shape index (κ2) is 7.65. The van der Waals surface area contributed by atoms with E-state index < -0.39 is 0 Å². The maximum absolute atomic E-state index is 12.5. The first-order chi connectivity index (χ1) is 12.0. The molecule has 1 aliphatic carbocycles. The summed E-state index contributed by atoms with van der Waals surface area (Å²) < 4.78 is 5.67. The summed E-state index contributed by atoms with van der Waals surface area (Å²) in [4.78, 5) is 28.3. The van der Waals surface area contributed by atoms with Crippen LogP contribution in [0.2, 0.25) is 5.02 Å². The minimum Gasteiger partial charge on any atom is -0.484 e. The van der Waals surface area contributed by atoms with Crippen molar-refractivity contribution in [1.29, 1.82) is 0 Å². The fraction of sp³-hybridized carbons (Fsp3) is 0.579. The third kappa shape index (κ3) is 4.46. The third-order valence-electron chi connectivity index (χ3n) is 4.86. The standard InChI is InChI=1S/C19H25ClN2O3/c1-13-10-16(11-14(2)18(13)20)25-12-17(23)21-6-3-7-22(9-8-21)19(24)15-4-5-15/h10-11,15H,3-9,12H2,1-2H3. The van der Waals surface area contributed by atoms with Gasteiger partial charge < -0.3 is 14.5 Å². The van der Waals surface area contributed by atoms with Crippen LogP contribution in [0.15, 0.2) is 12.1 Å². The molecule has 0 atom stereocenters. The number of hydrogen-bond donors (Lipinski definition) is 0. The van der Waals surface area contributed by atoms with Crippen molar-refractivity contribution in [2.24, 2.45) is 5.92 Å². The summed E-state index contributed by atoms with van der Waals surface area (Å²) in [5.41, 5.74) is 1.88. The Balaban J connectivity index is 1.52. The van der Waals surface area contributed by atoms with Crippen molar-refractivity contribution in [3.05, 3.63) is 28.3 Å².